The number of nitrogens with one attached hydrogen (secondary N) is 1. The Hall–Kier alpha value is -1.60. The molecule has 2 rings (SSSR count). The van der Waals surface area contributed by atoms with Gasteiger partial charge >= 0.3 is 0 Å². The van der Waals surface area contributed by atoms with Crippen LogP contribution >= 0.6 is 27.7 Å². The van der Waals surface area contributed by atoms with Crippen molar-refractivity contribution in [3.05, 3.63) is 44.7 Å². The fourth-order valence-corrected chi connectivity index (χ4v) is 3.11. The predicted molar refractivity (Wildman–Crippen MR) is 77.5 cm³/mol. The number of nitrogens with zero attached hydrogens (tertiary/aromatic N) is 1. The number of halogens is 1. The summed E-state index contributed by atoms with van der Waals surface area (Å²) in [5.74, 6) is 0.157. The van der Waals surface area contributed by atoms with E-state index in [2.05, 4.69) is 25.9 Å². The van der Waals surface area contributed by atoms with Gasteiger partial charge in [0.2, 0.25) is 0 Å². The van der Waals surface area contributed by atoms with Gasteiger partial charge in [0.05, 0.1) is 0 Å². The number of H-pyrrole nitrogens is 1. The summed E-state index contributed by atoms with van der Waals surface area (Å²) in [4.78, 5) is 30.0. The minimum absolute atomic E-state index is 0.0149. The van der Waals surface area contributed by atoms with Crippen LogP contribution in [-0.2, 0) is 0 Å². The summed E-state index contributed by atoms with van der Waals surface area (Å²) in [6.07, 6.45) is 0. The van der Waals surface area contributed by atoms with Gasteiger partial charge in [-0.2, -0.15) is 0 Å². The van der Waals surface area contributed by atoms with Crippen molar-refractivity contribution >= 4 is 39.3 Å². The Kier molecular flexibility index (Phi) is 4.06. The topological polar surface area (TPSA) is 88.8 Å². The zero-order chi connectivity index (χ0) is 14.0. The molecule has 0 unspecified atom stereocenters. The molecule has 1 heterocycles. The van der Waals surface area contributed by atoms with Crippen LogP contribution in [0.5, 0.6) is 0 Å². The van der Waals surface area contributed by atoms with Crippen molar-refractivity contribution in [2.45, 2.75) is 17.0 Å². The van der Waals surface area contributed by atoms with Crippen molar-refractivity contribution in [3.63, 3.8) is 0 Å². The van der Waals surface area contributed by atoms with Gasteiger partial charge in [0.1, 0.15) is 5.82 Å². The Labute approximate surface area is 121 Å². The van der Waals surface area contributed by atoms with Crippen LogP contribution in [0.4, 0.5) is 5.82 Å². The largest absolute Gasteiger partial charge is 0.383 e. The van der Waals surface area contributed by atoms with E-state index in [0.29, 0.717) is 15.2 Å². The monoisotopic (exact) mass is 339 g/mol. The van der Waals surface area contributed by atoms with Crippen LogP contribution in [0, 0.1) is 0 Å². The first-order valence-electron chi connectivity index (χ1n) is 5.31. The molecule has 0 spiro atoms. The van der Waals surface area contributed by atoms with Gasteiger partial charge in [-0.25, -0.2) is 4.98 Å². The number of aromatic nitrogens is 2. The van der Waals surface area contributed by atoms with Crippen LogP contribution in [0.25, 0.3) is 0 Å². The molecule has 0 aliphatic heterocycles. The molecule has 5 nitrogen and oxygen atoms in total. The summed E-state index contributed by atoms with van der Waals surface area (Å²) in [5.41, 5.74) is 5.82. The molecule has 98 valence electrons. The van der Waals surface area contributed by atoms with Gasteiger partial charge in [-0.15, -0.1) is 0 Å². The maximum atomic E-state index is 11.3. The van der Waals surface area contributed by atoms with Crippen LogP contribution in [0.2, 0.25) is 0 Å². The van der Waals surface area contributed by atoms with E-state index in [4.69, 9.17) is 5.73 Å². The number of hydrogen-bond acceptors (Lipinski definition) is 5. The molecule has 0 saturated heterocycles. The summed E-state index contributed by atoms with van der Waals surface area (Å²) in [6, 6.07) is 6.53. The number of carbonyl (C=O) groups is 1. The maximum Gasteiger partial charge on any atom is 0.253 e. The molecule has 2 aromatic rings. The molecule has 1 aromatic carbocycles. The van der Waals surface area contributed by atoms with Crippen LogP contribution < -0.4 is 11.3 Å². The van der Waals surface area contributed by atoms with Crippen LogP contribution in [0.3, 0.4) is 0 Å². The van der Waals surface area contributed by atoms with Gasteiger partial charge < -0.3 is 10.7 Å². The SMILES string of the molecule is CC(=O)c1ccc(Sc2nc(N)cc(=O)[nH]2)cc1Br. The molecule has 1 aromatic heterocycles. The number of rotatable bonds is 3. The van der Waals surface area contributed by atoms with Crippen LogP contribution in [0.1, 0.15) is 17.3 Å². The molecular weight excluding hydrogens is 330 g/mol. The molecule has 0 atom stereocenters. The molecule has 0 fully saturated rings. The molecule has 0 saturated carbocycles. The number of ketones is 1. The Morgan fingerprint density at radius 1 is 1.42 bits per heavy atom. The van der Waals surface area contributed by atoms with E-state index in [1.165, 1.54) is 24.8 Å². The highest BCUT2D eigenvalue weighted by atomic mass is 79.9. The first kappa shape index (κ1) is 13.8. The molecule has 0 aliphatic carbocycles. The van der Waals surface area contributed by atoms with Crippen LogP contribution in [0.15, 0.2) is 43.6 Å². The van der Waals surface area contributed by atoms with Crippen molar-refractivity contribution in [3.8, 4) is 0 Å². The lowest BCUT2D eigenvalue weighted by molar-refractivity contribution is 0.101. The number of nitrogen functional groups attached to an aromatic ring is 1. The summed E-state index contributed by atoms with van der Waals surface area (Å²) in [5, 5.41) is 0.410. The van der Waals surface area contributed by atoms with Crippen molar-refractivity contribution in [1.82, 2.24) is 9.97 Å². The van der Waals surface area contributed by atoms with Gasteiger partial charge in [-0.05, 0) is 25.1 Å². The number of benzene rings is 1. The Bertz CT molecular complexity index is 700. The van der Waals surface area contributed by atoms with Gasteiger partial charge in [0.15, 0.2) is 10.9 Å². The summed E-state index contributed by atoms with van der Waals surface area (Å²) < 4.78 is 0.705. The van der Waals surface area contributed by atoms with Crippen molar-refractivity contribution in [2.24, 2.45) is 0 Å². The van der Waals surface area contributed by atoms with E-state index < -0.39 is 0 Å². The molecular formula is C12H10BrN3O2S. The number of Topliss-reactive ketones (excluding diaryl/α,β-unsaturated/α-hetero) is 1. The van der Waals surface area contributed by atoms with Gasteiger partial charge in [-0.1, -0.05) is 27.7 Å². The summed E-state index contributed by atoms with van der Waals surface area (Å²) in [7, 11) is 0. The maximum absolute atomic E-state index is 11.3. The van der Waals surface area contributed by atoms with Crippen LogP contribution in [-0.4, -0.2) is 15.8 Å². The number of anilines is 1. The number of hydrogen-bond donors (Lipinski definition) is 2. The third kappa shape index (κ3) is 3.45. The minimum Gasteiger partial charge on any atom is -0.383 e. The highest BCUT2D eigenvalue weighted by Crippen LogP contribution is 2.29. The average Bonchev–Trinajstić information content (AvgIpc) is 2.26. The average molecular weight is 340 g/mol. The van der Waals surface area contributed by atoms with E-state index in [0.717, 1.165) is 4.90 Å². The fraction of sp³-hybridized carbons (Fsp3) is 0.0833. The van der Waals surface area contributed by atoms with Crippen molar-refractivity contribution in [1.29, 1.82) is 0 Å². The van der Waals surface area contributed by atoms with E-state index >= 15 is 0 Å². The molecule has 3 N–H and O–H groups in total. The third-order valence-corrected chi connectivity index (χ3v) is 3.81. The number of aromatic amines is 1. The quantitative estimate of drug-likeness (QED) is 0.662. The number of carbonyl (C=O) groups excluding carboxylic acids is 1. The zero-order valence-corrected chi connectivity index (χ0v) is 12.3. The highest BCUT2D eigenvalue weighted by molar-refractivity contribution is 9.10. The second-order valence-electron chi connectivity index (χ2n) is 3.78. The molecule has 7 heteroatoms. The Morgan fingerprint density at radius 2 is 2.16 bits per heavy atom. The van der Waals surface area contributed by atoms with E-state index in [-0.39, 0.29) is 17.2 Å². The molecule has 0 aliphatic rings. The second kappa shape index (κ2) is 5.58. The zero-order valence-electron chi connectivity index (χ0n) is 9.94. The second-order valence-corrected chi connectivity index (χ2v) is 5.69. The molecule has 0 amide bonds. The third-order valence-electron chi connectivity index (χ3n) is 2.27. The smallest absolute Gasteiger partial charge is 0.253 e. The first-order chi connectivity index (χ1) is 8.95. The number of nitrogens with two attached hydrogens (primary N) is 1. The van der Waals surface area contributed by atoms with E-state index in [1.54, 1.807) is 18.2 Å². The standard InChI is InChI=1S/C12H10BrN3O2S/c1-6(17)8-3-2-7(4-9(8)13)19-12-15-10(14)5-11(18)16-12/h2-5H,1H3,(H3,14,15,16,18). The summed E-state index contributed by atoms with van der Waals surface area (Å²) in [6.45, 7) is 1.50. The lowest BCUT2D eigenvalue weighted by atomic mass is 10.2. The van der Waals surface area contributed by atoms with Gasteiger partial charge in [0.25, 0.3) is 5.56 Å². The Balaban J connectivity index is 2.31. The fourth-order valence-electron chi connectivity index (χ4n) is 1.46. The Morgan fingerprint density at radius 3 is 2.74 bits per heavy atom. The summed E-state index contributed by atoms with van der Waals surface area (Å²) >= 11 is 4.60. The molecule has 0 bridgehead atoms. The van der Waals surface area contributed by atoms with E-state index in [1.807, 2.05) is 0 Å². The highest BCUT2D eigenvalue weighted by Gasteiger charge is 2.08. The molecule has 19 heavy (non-hydrogen) atoms. The van der Waals surface area contributed by atoms with Gasteiger partial charge in [0, 0.05) is 21.0 Å². The predicted octanol–water partition coefficient (Wildman–Crippen LogP) is 2.47. The van der Waals surface area contributed by atoms with Gasteiger partial charge in [-0.3, -0.25) is 9.59 Å². The minimum atomic E-state index is -0.297. The van der Waals surface area contributed by atoms with Crippen molar-refractivity contribution < 1.29 is 4.79 Å². The first-order valence-corrected chi connectivity index (χ1v) is 6.92. The lowest BCUT2D eigenvalue weighted by Gasteiger charge is -2.04. The normalized spacial score (nSPS) is 10.4. The van der Waals surface area contributed by atoms with E-state index in [9.17, 15) is 9.59 Å². The molecule has 0 radical (unpaired) electrons. The van der Waals surface area contributed by atoms with Crippen molar-refractivity contribution in [2.75, 3.05) is 5.73 Å². The lowest BCUT2D eigenvalue weighted by Crippen LogP contribution is -2.09.